The Bertz CT molecular complexity index is 502. The lowest BCUT2D eigenvalue weighted by Crippen LogP contribution is -2.23. The van der Waals surface area contributed by atoms with Gasteiger partial charge in [0.25, 0.3) is 0 Å². The Morgan fingerprint density at radius 1 is 1.50 bits per heavy atom. The molecule has 1 aliphatic carbocycles. The highest BCUT2D eigenvalue weighted by molar-refractivity contribution is 5.67. The van der Waals surface area contributed by atoms with Gasteiger partial charge in [0.1, 0.15) is 0 Å². The summed E-state index contributed by atoms with van der Waals surface area (Å²) in [4.78, 5) is 11.1. The fourth-order valence-electron chi connectivity index (χ4n) is 2.75. The zero-order valence-corrected chi connectivity index (χ0v) is 12.9. The minimum Gasteiger partial charge on any atom is -0.481 e. The Balaban J connectivity index is 2.25. The number of hydrogen-bond donors (Lipinski definition) is 1. The largest absolute Gasteiger partial charge is 0.481 e. The summed E-state index contributed by atoms with van der Waals surface area (Å²) in [6, 6.07) is -0.186. The van der Waals surface area contributed by atoms with E-state index in [1.807, 2.05) is 0 Å². The lowest BCUT2D eigenvalue weighted by Gasteiger charge is -2.25. The van der Waals surface area contributed by atoms with Gasteiger partial charge < -0.3 is 5.11 Å². The van der Waals surface area contributed by atoms with E-state index >= 15 is 0 Å². The molecule has 0 spiro atoms. The quantitative estimate of drug-likeness (QED) is 0.896. The van der Waals surface area contributed by atoms with E-state index in [4.69, 9.17) is 5.11 Å². The van der Waals surface area contributed by atoms with Crippen LogP contribution in [0.5, 0.6) is 0 Å². The average molecular weight is 280 g/mol. The monoisotopic (exact) mass is 280 g/mol. The van der Waals surface area contributed by atoms with Gasteiger partial charge in [-0.2, -0.15) is 0 Å². The maximum atomic E-state index is 11.1. The highest BCUT2D eigenvalue weighted by Gasteiger charge is 2.50. The summed E-state index contributed by atoms with van der Waals surface area (Å²) in [6.07, 6.45) is 1.86. The highest BCUT2D eigenvalue weighted by atomic mass is 16.4. The van der Waals surface area contributed by atoms with Crippen molar-refractivity contribution in [3.05, 3.63) is 5.82 Å². The van der Waals surface area contributed by atoms with Crippen LogP contribution in [0.25, 0.3) is 0 Å². The summed E-state index contributed by atoms with van der Waals surface area (Å²) in [6.45, 7) is 10.7. The van der Waals surface area contributed by atoms with Crippen LogP contribution in [0.2, 0.25) is 0 Å². The van der Waals surface area contributed by atoms with Crippen LogP contribution in [0.4, 0.5) is 0 Å². The van der Waals surface area contributed by atoms with E-state index in [-0.39, 0.29) is 23.3 Å². The number of aliphatic carboxylic acids is 1. The number of tetrazole rings is 1. The third-order valence-electron chi connectivity index (χ3n) is 3.95. The highest BCUT2D eigenvalue weighted by Crippen LogP contribution is 2.58. The lowest BCUT2D eigenvalue weighted by molar-refractivity contribution is -0.138. The molecular weight excluding hydrogens is 256 g/mol. The molecule has 1 saturated carbocycles. The number of carboxylic acids is 1. The zero-order chi connectivity index (χ0) is 15.1. The van der Waals surface area contributed by atoms with E-state index in [0.717, 1.165) is 18.7 Å². The maximum Gasteiger partial charge on any atom is 0.305 e. The first-order valence-corrected chi connectivity index (χ1v) is 7.10. The summed E-state index contributed by atoms with van der Waals surface area (Å²) < 4.78 is 1.75. The van der Waals surface area contributed by atoms with E-state index in [0.29, 0.717) is 5.92 Å². The maximum absolute atomic E-state index is 11.1. The van der Waals surface area contributed by atoms with Crippen LogP contribution in [-0.2, 0) is 4.79 Å². The van der Waals surface area contributed by atoms with Crippen molar-refractivity contribution in [3.8, 4) is 0 Å². The molecule has 2 atom stereocenters. The molecule has 0 bridgehead atoms. The van der Waals surface area contributed by atoms with E-state index < -0.39 is 5.97 Å². The van der Waals surface area contributed by atoms with Crippen molar-refractivity contribution in [1.82, 2.24) is 20.2 Å². The zero-order valence-electron chi connectivity index (χ0n) is 12.9. The van der Waals surface area contributed by atoms with Crippen LogP contribution in [0.3, 0.4) is 0 Å². The Kier molecular flexibility index (Phi) is 3.60. The molecule has 0 amide bonds. The molecule has 6 nitrogen and oxygen atoms in total. The smallest absolute Gasteiger partial charge is 0.305 e. The summed E-state index contributed by atoms with van der Waals surface area (Å²) in [5.74, 6) is 0.370. The molecule has 0 aliphatic heterocycles. The van der Waals surface area contributed by atoms with E-state index in [1.54, 1.807) is 4.68 Å². The molecule has 0 saturated heterocycles. The fraction of sp³-hybridized carbons (Fsp3) is 0.857. The van der Waals surface area contributed by atoms with Crippen molar-refractivity contribution in [1.29, 1.82) is 0 Å². The predicted octanol–water partition coefficient (Wildman–Crippen LogP) is 2.64. The number of nitrogens with zero attached hydrogens (tertiary/aromatic N) is 4. The number of rotatable bonds is 5. The number of hydrogen-bond acceptors (Lipinski definition) is 4. The average Bonchev–Trinajstić information content (AvgIpc) is 2.72. The predicted molar refractivity (Wildman–Crippen MR) is 74.3 cm³/mol. The number of carboxylic acid groups (broad SMARTS) is 1. The molecule has 1 N–H and O–H groups in total. The van der Waals surface area contributed by atoms with Gasteiger partial charge in [0, 0.05) is 5.92 Å². The molecule has 1 fully saturated rings. The fourth-order valence-corrected chi connectivity index (χ4v) is 2.75. The molecule has 1 heterocycles. The Labute approximate surface area is 119 Å². The molecule has 0 aromatic carbocycles. The number of carbonyl (C=O) groups is 1. The Morgan fingerprint density at radius 2 is 2.10 bits per heavy atom. The lowest BCUT2D eigenvalue weighted by atomic mass is 9.87. The second-order valence-corrected chi connectivity index (χ2v) is 7.74. The van der Waals surface area contributed by atoms with Crippen LogP contribution in [0, 0.1) is 10.8 Å². The third kappa shape index (κ3) is 3.35. The standard InChI is InChI=1S/C14H24N4O2/c1-13(2,3)7-9(6-11(19)20)18-12(15-16-17-18)10-8-14(10,4)5/h9-10H,6-8H2,1-5H3,(H,19,20). The van der Waals surface area contributed by atoms with Gasteiger partial charge in [-0.15, -0.1) is 5.10 Å². The second-order valence-electron chi connectivity index (χ2n) is 7.74. The molecular formula is C14H24N4O2. The van der Waals surface area contributed by atoms with Crippen LogP contribution in [0.1, 0.15) is 71.7 Å². The first-order valence-electron chi connectivity index (χ1n) is 7.10. The van der Waals surface area contributed by atoms with E-state index in [9.17, 15) is 4.79 Å². The molecule has 2 unspecified atom stereocenters. The van der Waals surface area contributed by atoms with Crippen LogP contribution >= 0.6 is 0 Å². The Morgan fingerprint density at radius 3 is 2.55 bits per heavy atom. The third-order valence-corrected chi connectivity index (χ3v) is 3.95. The summed E-state index contributed by atoms with van der Waals surface area (Å²) >= 11 is 0. The molecule has 20 heavy (non-hydrogen) atoms. The van der Waals surface area contributed by atoms with Gasteiger partial charge in [0.05, 0.1) is 12.5 Å². The summed E-state index contributed by atoms with van der Waals surface area (Å²) in [5.41, 5.74) is 0.254. The van der Waals surface area contributed by atoms with Gasteiger partial charge in [-0.3, -0.25) is 4.79 Å². The van der Waals surface area contributed by atoms with Crippen LogP contribution in [-0.4, -0.2) is 31.3 Å². The molecule has 0 radical (unpaired) electrons. The van der Waals surface area contributed by atoms with E-state index in [2.05, 4.69) is 50.1 Å². The second kappa shape index (κ2) is 4.82. The minimum atomic E-state index is -0.809. The molecule has 1 aromatic rings. The SMILES string of the molecule is CC(C)(C)CC(CC(=O)O)n1nnnc1C1CC1(C)C. The van der Waals surface area contributed by atoms with Gasteiger partial charge in [-0.1, -0.05) is 34.6 Å². The van der Waals surface area contributed by atoms with Crippen molar-refractivity contribution >= 4 is 5.97 Å². The molecule has 1 aliphatic rings. The minimum absolute atomic E-state index is 0.0302. The van der Waals surface area contributed by atoms with E-state index in [1.165, 1.54) is 0 Å². The molecule has 6 heteroatoms. The van der Waals surface area contributed by atoms with Gasteiger partial charge in [-0.25, -0.2) is 4.68 Å². The molecule has 1 aromatic heterocycles. The summed E-state index contributed by atoms with van der Waals surface area (Å²) in [5, 5.41) is 21.1. The van der Waals surface area contributed by atoms with Crippen molar-refractivity contribution in [2.24, 2.45) is 10.8 Å². The van der Waals surface area contributed by atoms with Crippen molar-refractivity contribution in [2.45, 2.75) is 65.8 Å². The van der Waals surface area contributed by atoms with Crippen molar-refractivity contribution < 1.29 is 9.90 Å². The van der Waals surface area contributed by atoms with Gasteiger partial charge in [0.15, 0.2) is 5.82 Å². The summed E-state index contributed by atoms with van der Waals surface area (Å²) in [7, 11) is 0. The van der Waals surface area contributed by atoms with Crippen LogP contribution in [0.15, 0.2) is 0 Å². The van der Waals surface area contributed by atoms with Gasteiger partial charge in [0.2, 0.25) is 0 Å². The van der Waals surface area contributed by atoms with Crippen LogP contribution < -0.4 is 0 Å². The van der Waals surface area contributed by atoms with Crippen molar-refractivity contribution in [2.75, 3.05) is 0 Å². The first kappa shape index (κ1) is 14.9. The van der Waals surface area contributed by atoms with Crippen molar-refractivity contribution in [3.63, 3.8) is 0 Å². The van der Waals surface area contributed by atoms with Gasteiger partial charge in [-0.05, 0) is 34.1 Å². The normalized spacial score (nSPS) is 22.6. The Hall–Kier alpha value is -1.46. The number of aromatic nitrogens is 4. The first-order chi connectivity index (χ1) is 9.10. The molecule has 112 valence electrons. The molecule has 2 rings (SSSR count). The topological polar surface area (TPSA) is 80.9 Å². The van der Waals surface area contributed by atoms with Gasteiger partial charge >= 0.3 is 5.97 Å².